The van der Waals surface area contributed by atoms with E-state index in [1.807, 2.05) is 20.8 Å². The average Bonchev–Trinajstić information content (AvgIpc) is 3.00. The van der Waals surface area contributed by atoms with Gasteiger partial charge in [0.2, 0.25) is 0 Å². The average molecular weight is 470 g/mol. The molecule has 2 aromatic carbocycles. The van der Waals surface area contributed by atoms with E-state index >= 15 is 0 Å². The maximum Gasteiger partial charge on any atom is 0.163 e. The molecule has 2 unspecified atom stereocenters. The maximum absolute atomic E-state index is 12.8. The standard InChI is InChI=1S/C11H17O4P.C11H15O3P/c1-11(2,3)16(15,7-12)10-8(13)5-4-6-9(10)14;1-11(2,3)15(13)7-14-9-6-4-5-8(12)10(9)15/h4-6,12-14H,7H2,1-3H3;4-6,12H,7H2,1-3H3. The van der Waals surface area contributed by atoms with Crippen LogP contribution >= 0.6 is 14.3 Å². The lowest BCUT2D eigenvalue weighted by molar-refractivity contribution is 0.353. The molecule has 1 aliphatic rings. The first-order valence-electron chi connectivity index (χ1n) is 9.86. The van der Waals surface area contributed by atoms with Gasteiger partial charge in [-0.2, -0.15) is 0 Å². The zero-order chi connectivity index (χ0) is 23.8. The monoisotopic (exact) mass is 470 g/mol. The van der Waals surface area contributed by atoms with E-state index in [4.69, 9.17) is 4.74 Å². The molecule has 2 atom stereocenters. The molecule has 1 heterocycles. The van der Waals surface area contributed by atoms with Crippen LogP contribution in [0.15, 0.2) is 36.4 Å². The number of benzene rings is 2. The largest absolute Gasteiger partial charge is 0.507 e. The molecular weight excluding hydrogens is 438 g/mol. The minimum atomic E-state index is -3.26. The minimum absolute atomic E-state index is 0.0370. The third-order valence-corrected chi connectivity index (χ3v) is 13.0. The van der Waals surface area contributed by atoms with E-state index in [9.17, 15) is 29.6 Å². The number of aliphatic hydroxyl groups excluding tert-OH is 1. The highest BCUT2D eigenvalue weighted by Crippen LogP contribution is 2.62. The zero-order valence-corrected chi connectivity index (χ0v) is 20.6. The summed E-state index contributed by atoms with van der Waals surface area (Å²) in [5.41, 5.74) is 0. The molecule has 9 heteroatoms. The Balaban J connectivity index is 0.000000220. The van der Waals surface area contributed by atoms with Crippen molar-refractivity contribution < 1.29 is 34.3 Å². The Hall–Kier alpha value is -1.94. The summed E-state index contributed by atoms with van der Waals surface area (Å²) in [6.07, 6.45) is -0.384. The molecule has 31 heavy (non-hydrogen) atoms. The molecule has 0 amide bonds. The molecule has 0 bridgehead atoms. The lowest BCUT2D eigenvalue weighted by atomic mass is 10.3. The van der Waals surface area contributed by atoms with Gasteiger partial charge in [-0.1, -0.05) is 53.7 Å². The predicted octanol–water partition coefficient (Wildman–Crippen LogP) is 4.36. The van der Waals surface area contributed by atoms with Crippen molar-refractivity contribution in [2.45, 2.75) is 51.9 Å². The number of aliphatic hydroxyl groups is 1. The maximum atomic E-state index is 12.8. The van der Waals surface area contributed by atoms with Gasteiger partial charge < -0.3 is 34.3 Å². The van der Waals surface area contributed by atoms with Crippen LogP contribution in [0.4, 0.5) is 0 Å². The van der Waals surface area contributed by atoms with Crippen LogP contribution in [-0.4, -0.2) is 43.4 Å². The molecule has 4 N–H and O–H groups in total. The van der Waals surface area contributed by atoms with E-state index in [0.29, 0.717) is 11.1 Å². The van der Waals surface area contributed by atoms with Gasteiger partial charge in [0.15, 0.2) is 14.3 Å². The second-order valence-corrected chi connectivity index (χ2v) is 16.6. The summed E-state index contributed by atoms with van der Waals surface area (Å²) in [5.74, 6) is 0.163. The van der Waals surface area contributed by atoms with Gasteiger partial charge in [-0.25, -0.2) is 0 Å². The molecule has 0 aliphatic carbocycles. The summed E-state index contributed by atoms with van der Waals surface area (Å²) < 4.78 is 30.9. The van der Waals surface area contributed by atoms with Crippen LogP contribution in [0.5, 0.6) is 23.0 Å². The fourth-order valence-electron chi connectivity index (χ4n) is 3.25. The van der Waals surface area contributed by atoms with Crippen molar-refractivity contribution >= 4 is 24.9 Å². The van der Waals surface area contributed by atoms with Gasteiger partial charge >= 0.3 is 0 Å². The lowest BCUT2D eigenvalue weighted by Gasteiger charge is -2.30. The minimum Gasteiger partial charge on any atom is -0.507 e. The summed E-state index contributed by atoms with van der Waals surface area (Å²) in [6, 6.07) is 9.17. The second-order valence-electron chi connectivity index (χ2n) is 9.50. The van der Waals surface area contributed by atoms with Crippen LogP contribution in [0.3, 0.4) is 0 Å². The van der Waals surface area contributed by atoms with E-state index in [0.717, 1.165) is 0 Å². The van der Waals surface area contributed by atoms with E-state index in [-0.39, 0.29) is 34.1 Å². The number of rotatable bonds is 2. The molecule has 7 nitrogen and oxygen atoms in total. The first kappa shape index (κ1) is 25.3. The van der Waals surface area contributed by atoms with E-state index in [1.54, 1.807) is 39.0 Å². The number of phenols is 3. The molecule has 0 spiro atoms. The molecule has 0 saturated heterocycles. The number of fused-ring (bicyclic) bond motifs is 1. The number of ether oxygens (including phenoxy) is 1. The topological polar surface area (TPSA) is 124 Å². The van der Waals surface area contributed by atoms with Gasteiger partial charge in [-0.05, 0) is 24.3 Å². The molecule has 2 aromatic rings. The van der Waals surface area contributed by atoms with Gasteiger partial charge in [0.1, 0.15) is 35.7 Å². The van der Waals surface area contributed by atoms with Gasteiger partial charge in [0.25, 0.3) is 0 Å². The number of phenolic OH excluding ortho intramolecular Hbond substituents is 3. The Morgan fingerprint density at radius 1 is 0.935 bits per heavy atom. The quantitative estimate of drug-likeness (QED) is 0.481. The third kappa shape index (κ3) is 4.50. The molecule has 0 aromatic heterocycles. The van der Waals surface area contributed by atoms with Crippen molar-refractivity contribution in [2.75, 3.05) is 12.7 Å². The van der Waals surface area contributed by atoms with Gasteiger partial charge in [-0.15, -0.1) is 0 Å². The first-order valence-corrected chi connectivity index (χ1v) is 13.6. The summed E-state index contributed by atoms with van der Waals surface area (Å²) in [6.45, 7) is 10.9. The van der Waals surface area contributed by atoms with Gasteiger partial charge in [-0.3, -0.25) is 0 Å². The Labute approximate surface area is 183 Å². The smallest absolute Gasteiger partial charge is 0.163 e. The summed E-state index contributed by atoms with van der Waals surface area (Å²) in [5, 5.41) is 37.8. The SMILES string of the molecule is CC(C)(C)P(=O)(CO)c1c(O)cccc1O.CC(C)(C)P1(=O)COc2cccc(O)c21. The van der Waals surface area contributed by atoms with Crippen LogP contribution in [0.2, 0.25) is 0 Å². The van der Waals surface area contributed by atoms with E-state index < -0.39 is 25.8 Å². The molecule has 0 fully saturated rings. The van der Waals surface area contributed by atoms with Crippen molar-refractivity contribution in [3.05, 3.63) is 36.4 Å². The number of aromatic hydroxyl groups is 3. The molecule has 172 valence electrons. The highest BCUT2D eigenvalue weighted by atomic mass is 31.2. The number of hydrogen-bond acceptors (Lipinski definition) is 7. The Morgan fingerprint density at radius 2 is 1.42 bits per heavy atom. The fraction of sp³-hybridized carbons (Fsp3) is 0.455. The van der Waals surface area contributed by atoms with Crippen LogP contribution in [0, 0.1) is 0 Å². The van der Waals surface area contributed by atoms with Crippen molar-refractivity contribution in [3.63, 3.8) is 0 Å². The molecular formula is C22H32O7P2. The van der Waals surface area contributed by atoms with E-state index in [2.05, 4.69) is 0 Å². The molecule has 3 rings (SSSR count). The normalized spacial score (nSPS) is 20.1. The van der Waals surface area contributed by atoms with Gasteiger partial charge in [0.05, 0.1) is 10.6 Å². The zero-order valence-electron chi connectivity index (χ0n) is 18.8. The molecule has 0 radical (unpaired) electrons. The van der Waals surface area contributed by atoms with Crippen molar-refractivity contribution in [1.29, 1.82) is 0 Å². The summed E-state index contributed by atoms with van der Waals surface area (Å²) in [7, 11) is -5.91. The van der Waals surface area contributed by atoms with E-state index in [1.165, 1.54) is 18.2 Å². The Morgan fingerprint density at radius 3 is 1.87 bits per heavy atom. The lowest BCUT2D eigenvalue weighted by Crippen LogP contribution is -2.25. The predicted molar refractivity (Wildman–Crippen MR) is 124 cm³/mol. The van der Waals surface area contributed by atoms with Crippen LogP contribution in [0.1, 0.15) is 41.5 Å². The van der Waals surface area contributed by atoms with Crippen molar-refractivity contribution in [3.8, 4) is 23.0 Å². The highest BCUT2D eigenvalue weighted by molar-refractivity contribution is 7.73. The van der Waals surface area contributed by atoms with Crippen LogP contribution < -0.4 is 15.3 Å². The van der Waals surface area contributed by atoms with Crippen molar-refractivity contribution in [1.82, 2.24) is 0 Å². The Bertz CT molecular complexity index is 1030. The first-order chi connectivity index (χ1) is 14.1. The highest BCUT2D eigenvalue weighted by Gasteiger charge is 2.46. The van der Waals surface area contributed by atoms with Crippen LogP contribution in [0.25, 0.3) is 0 Å². The summed E-state index contributed by atoms with van der Waals surface area (Å²) in [4.78, 5) is 0. The van der Waals surface area contributed by atoms with Crippen LogP contribution in [-0.2, 0) is 9.13 Å². The number of hydrogen-bond donors (Lipinski definition) is 4. The molecule has 1 aliphatic heterocycles. The third-order valence-electron chi connectivity index (χ3n) is 5.46. The summed E-state index contributed by atoms with van der Waals surface area (Å²) >= 11 is 0. The molecule has 0 saturated carbocycles. The van der Waals surface area contributed by atoms with Crippen molar-refractivity contribution in [2.24, 2.45) is 0 Å². The second kappa shape index (κ2) is 8.54. The Kier molecular flexibility index (Phi) is 6.97. The van der Waals surface area contributed by atoms with Gasteiger partial charge in [0, 0.05) is 10.3 Å². The fourth-order valence-corrected chi connectivity index (χ4v) is 7.83.